The van der Waals surface area contributed by atoms with Gasteiger partial charge in [0.2, 0.25) is 11.8 Å². The lowest BCUT2D eigenvalue weighted by Gasteiger charge is -2.21. The van der Waals surface area contributed by atoms with Gasteiger partial charge in [-0.15, -0.1) is 11.3 Å². The number of nitrogens with one attached hydrogen (secondary N) is 2. The molecule has 20 heavy (non-hydrogen) atoms. The zero-order valence-corrected chi connectivity index (χ0v) is 11.2. The lowest BCUT2D eigenvalue weighted by Crippen LogP contribution is -2.52. The number of rotatable bonds is 2. The van der Waals surface area contributed by atoms with Gasteiger partial charge in [-0.25, -0.2) is 0 Å². The van der Waals surface area contributed by atoms with Gasteiger partial charge < -0.3 is 5.32 Å². The van der Waals surface area contributed by atoms with E-state index in [-0.39, 0.29) is 18.2 Å². The van der Waals surface area contributed by atoms with Gasteiger partial charge in [0.1, 0.15) is 10.9 Å². The first-order chi connectivity index (χ1) is 9.65. The van der Waals surface area contributed by atoms with Crippen LogP contribution < -0.4 is 10.6 Å². The van der Waals surface area contributed by atoms with Gasteiger partial charge >= 0.3 is 0 Å². The Bertz CT molecular complexity index is 710. The minimum Gasteiger partial charge on any atom is -0.339 e. The Labute approximate surface area is 118 Å². The number of hydrogen-bond donors (Lipinski definition) is 2. The average molecular weight is 289 g/mol. The molecule has 7 heteroatoms. The van der Waals surface area contributed by atoms with Gasteiger partial charge in [0.15, 0.2) is 0 Å². The highest BCUT2D eigenvalue weighted by Crippen LogP contribution is 2.23. The van der Waals surface area contributed by atoms with Crippen LogP contribution in [-0.4, -0.2) is 28.7 Å². The summed E-state index contributed by atoms with van der Waals surface area (Å²) in [5.74, 6) is -1.09. The largest absolute Gasteiger partial charge is 0.339 e. The molecule has 3 rings (SSSR count). The van der Waals surface area contributed by atoms with E-state index in [1.807, 2.05) is 11.4 Å². The Balaban J connectivity index is 1.80. The maximum absolute atomic E-state index is 12.2. The van der Waals surface area contributed by atoms with E-state index in [1.165, 1.54) is 11.3 Å². The van der Waals surface area contributed by atoms with E-state index >= 15 is 0 Å². The molecule has 0 aromatic carbocycles. The summed E-state index contributed by atoms with van der Waals surface area (Å²) in [5, 5.41) is 7.61. The van der Waals surface area contributed by atoms with Crippen LogP contribution >= 0.6 is 11.3 Å². The molecule has 1 atom stereocenters. The molecule has 1 fully saturated rings. The van der Waals surface area contributed by atoms with Crippen molar-refractivity contribution in [1.29, 1.82) is 0 Å². The van der Waals surface area contributed by atoms with Crippen molar-refractivity contribution in [3.05, 3.63) is 28.6 Å². The van der Waals surface area contributed by atoms with Crippen LogP contribution in [0.25, 0.3) is 10.9 Å². The van der Waals surface area contributed by atoms with Gasteiger partial charge in [0, 0.05) is 23.4 Å². The standard InChI is InChI=1S/C13H11N3O3S/c17-9-4-3-8(12(18)16-9)15-13(19)11-10-7(6-20-11)2-1-5-14-10/h1-2,5-6,8H,3-4H2,(H,15,19)(H,16,17,18). The Morgan fingerprint density at radius 1 is 1.45 bits per heavy atom. The summed E-state index contributed by atoms with van der Waals surface area (Å²) in [6.45, 7) is 0. The monoisotopic (exact) mass is 289 g/mol. The number of imide groups is 1. The van der Waals surface area contributed by atoms with E-state index in [0.29, 0.717) is 16.8 Å². The van der Waals surface area contributed by atoms with Crippen molar-refractivity contribution in [2.24, 2.45) is 0 Å². The van der Waals surface area contributed by atoms with Crippen LogP contribution in [0.1, 0.15) is 22.5 Å². The number of amides is 3. The molecule has 3 heterocycles. The normalized spacial score (nSPS) is 18.9. The first-order valence-electron chi connectivity index (χ1n) is 6.12. The van der Waals surface area contributed by atoms with Crippen LogP contribution in [0.2, 0.25) is 0 Å². The number of carbonyl (C=O) groups is 3. The molecule has 1 unspecified atom stereocenters. The highest BCUT2D eigenvalue weighted by molar-refractivity contribution is 7.13. The Hall–Kier alpha value is -2.28. The van der Waals surface area contributed by atoms with Crippen molar-refractivity contribution in [3.63, 3.8) is 0 Å². The minimum absolute atomic E-state index is 0.236. The van der Waals surface area contributed by atoms with Crippen molar-refractivity contribution in [3.8, 4) is 0 Å². The van der Waals surface area contributed by atoms with Crippen LogP contribution in [0.15, 0.2) is 23.7 Å². The second-order valence-corrected chi connectivity index (χ2v) is 5.36. The minimum atomic E-state index is -0.666. The van der Waals surface area contributed by atoms with Crippen LogP contribution in [0.3, 0.4) is 0 Å². The van der Waals surface area contributed by atoms with Crippen molar-refractivity contribution in [2.45, 2.75) is 18.9 Å². The number of hydrogen-bond acceptors (Lipinski definition) is 5. The lowest BCUT2D eigenvalue weighted by molar-refractivity contribution is -0.134. The topological polar surface area (TPSA) is 88.2 Å². The fraction of sp³-hybridized carbons (Fsp3) is 0.231. The molecule has 102 valence electrons. The smallest absolute Gasteiger partial charge is 0.264 e. The molecule has 0 spiro atoms. The van der Waals surface area contributed by atoms with Gasteiger partial charge in [-0.05, 0) is 12.5 Å². The molecule has 0 aliphatic carbocycles. The predicted octanol–water partition coefficient (Wildman–Crippen LogP) is 0.831. The van der Waals surface area contributed by atoms with E-state index in [0.717, 1.165) is 5.39 Å². The lowest BCUT2D eigenvalue weighted by atomic mass is 10.1. The summed E-state index contributed by atoms with van der Waals surface area (Å²) in [6, 6.07) is 3.01. The number of aromatic nitrogens is 1. The van der Waals surface area contributed by atoms with Gasteiger partial charge in [-0.2, -0.15) is 0 Å². The molecule has 0 bridgehead atoms. The van der Waals surface area contributed by atoms with Crippen molar-refractivity contribution < 1.29 is 14.4 Å². The third kappa shape index (κ3) is 2.27. The second-order valence-electron chi connectivity index (χ2n) is 4.48. The summed E-state index contributed by atoms with van der Waals surface area (Å²) in [5.41, 5.74) is 0.627. The van der Waals surface area contributed by atoms with Gasteiger partial charge in [0.05, 0.1) is 5.52 Å². The van der Waals surface area contributed by atoms with Crippen LogP contribution in [0, 0.1) is 0 Å². The Morgan fingerprint density at radius 3 is 3.10 bits per heavy atom. The summed E-state index contributed by atoms with van der Waals surface area (Å²) >= 11 is 1.29. The highest BCUT2D eigenvalue weighted by atomic mass is 32.1. The number of fused-ring (bicyclic) bond motifs is 1. The molecule has 1 saturated heterocycles. The van der Waals surface area contributed by atoms with E-state index in [4.69, 9.17) is 0 Å². The van der Waals surface area contributed by atoms with Crippen molar-refractivity contribution >= 4 is 40.0 Å². The first-order valence-corrected chi connectivity index (χ1v) is 7.00. The van der Waals surface area contributed by atoms with Crippen molar-refractivity contribution in [2.75, 3.05) is 0 Å². The van der Waals surface area contributed by atoms with Gasteiger partial charge in [-0.1, -0.05) is 6.07 Å². The predicted molar refractivity (Wildman–Crippen MR) is 73.3 cm³/mol. The van der Waals surface area contributed by atoms with Crippen LogP contribution in [0.4, 0.5) is 0 Å². The highest BCUT2D eigenvalue weighted by Gasteiger charge is 2.28. The molecule has 2 aromatic heterocycles. The quantitative estimate of drug-likeness (QED) is 0.802. The molecule has 0 saturated carbocycles. The Morgan fingerprint density at radius 2 is 2.30 bits per heavy atom. The SMILES string of the molecule is O=C1CCC(NC(=O)c2scc3cccnc23)C(=O)N1. The van der Waals surface area contributed by atoms with Gasteiger partial charge in [0.25, 0.3) is 5.91 Å². The molecular formula is C13H11N3O3S. The Kier molecular flexibility index (Phi) is 3.19. The van der Waals surface area contributed by atoms with E-state index in [1.54, 1.807) is 12.3 Å². The molecule has 2 aromatic rings. The van der Waals surface area contributed by atoms with Crippen LogP contribution in [-0.2, 0) is 9.59 Å². The first kappa shape index (κ1) is 12.7. The zero-order valence-electron chi connectivity index (χ0n) is 10.4. The van der Waals surface area contributed by atoms with Crippen molar-refractivity contribution in [1.82, 2.24) is 15.6 Å². The molecule has 6 nitrogen and oxygen atoms in total. The molecule has 2 N–H and O–H groups in total. The van der Waals surface area contributed by atoms with E-state index in [9.17, 15) is 14.4 Å². The summed E-state index contributed by atoms with van der Waals surface area (Å²) in [6.07, 6.45) is 2.19. The number of piperidine rings is 1. The van der Waals surface area contributed by atoms with Gasteiger partial charge in [-0.3, -0.25) is 24.7 Å². The molecule has 3 amide bonds. The maximum atomic E-state index is 12.2. The molecule has 0 radical (unpaired) electrons. The summed E-state index contributed by atoms with van der Waals surface area (Å²) < 4.78 is 0. The number of carbonyl (C=O) groups excluding carboxylic acids is 3. The fourth-order valence-corrected chi connectivity index (χ4v) is 2.98. The second kappa shape index (κ2) is 5.01. The third-order valence-corrected chi connectivity index (χ3v) is 4.09. The number of thiophene rings is 1. The summed E-state index contributed by atoms with van der Waals surface area (Å²) in [7, 11) is 0. The third-order valence-electron chi connectivity index (χ3n) is 3.11. The number of nitrogens with zero attached hydrogens (tertiary/aromatic N) is 1. The average Bonchev–Trinajstić information content (AvgIpc) is 2.86. The fourth-order valence-electron chi connectivity index (χ4n) is 2.10. The summed E-state index contributed by atoms with van der Waals surface area (Å²) in [4.78, 5) is 39.5. The maximum Gasteiger partial charge on any atom is 0.264 e. The molecular weight excluding hydrogens is 278 g/mol. The molecule has 1 aliphatic heterocycles. The van der Waals surface area contributed by atoms with Crippen LogP contribution in [0.5, 0.6) is 0 Å². The zero-order chi connectivity index (χ0) is 14.1. The van der Waals surface area contributed by atoms with E-state index < -0.39 is 11.9 Å². The molecule has 1 aliphatic rings. The number of pyridine rings is 1. The van der Waals surface area contributed by atoms with E-state index in [2.05, 4.69) is 15.6 Å².